The molecule has 2 aromatic rings. The molecule has 0 atom stereocenters. The van der Waals surface area contributed by atoms with Crippen molar-refractivity contribution in [2.24, 2.45) is 0 Å². The van der Waals surface area contributed by atoms with Crippen LogP contribution in [-0.4, -0.2) is 38.6 Å². The number of hydrogen-bond acceptors (Lipinski definition) is 1. The van der Waals surface area contributed by atoms with Gasteiger partial charge in [-0.15, -0.1) is 0 Å². The molecular formula is C19H22Cl2FN3O+2. The lowest BCUT2D eigenvalue weighted by atomic mass is 10.2. The second-order valence-corrected chi connectivity index (χ2v) is 7.50. The number of hydrogen-bond donors (Lipinski definition) is 3. The minimum Gasteiger partial charge on any atom is -0.322 e. The van der Waals surface area contributed by atoms with Crippen molar-refractivity contribution in [1.82, 2.24) is 0 Å². The maximum Gasteiger partial charge on any atom is 0.279 e. The molecule has 2 aromatic carbocycles. The first-order valence-corrected chi connectivity index (χ1v) is 9.41. The van der Waals surface area contributed by atoms with Crippen molar-refractivity contribution in [3.63, 3.8) is 0 Å². The van der Waals surface area contributed by atoms with Crippen LogP contribution in [0.15, 0.2) is 42.5 Å². The molecule has 1 amide bonds. The van der Waals surface area contributed by atoms with Crippen LogP contribution < -0.4 is 15.1 Å². The molecule has 0 aliphatic carbocycles. The van der Waals surface area contributed by atoms with Crippen LogP contribution >= 0.6 is 23.2 Å². The normalized spacial score (nSPS) is 20.0. The van der Waals surface area contributed by atoms with Crippen LogP contribution in [-0.2, 0) is 11.3 Å². The summed E-state index contributed by atoms with van der Waals surface area (Å²) in [6.45, 7) is 5.21. The Morgan fingerprint density at radius 1 is 1.04 bits per heavy atom. The predicted molar refractivity (Wildman–Crippen MR) is 101 cm³/mol. The topological polar surface area (TPSA) is 38.0 Å². The lowest BCUT2D eigenvalue weighted by Crippen LogP contribution is -3.28. The van der Waals surface area contributed by atoms with Gasteiger partial charge in [0.1, 0.15) is 38.5 Å². The van der Waals surface area contributed by atoms with Gasteiger partial charge in [0.05, 0.1) is 10.7 Å². The monoisotopic (exact) mass is 397 g/mol. The quantitative estimate of drug-likeness (QED) is 0.693. The van der Waals surface area contributed by atoms with Crippen molar-refractivity contribution in [1.29, 1.82) is 0 Å². The smallest absolute Gasteiger partial charge is 0.279 e. The van der Waals surface area contributed by atoms with E-state index in [1.54, 1.807) is 0 Å². The average molecular weight is 398 g/mol. The summed E-state index contributed by atoms with van der Waals surface area (Å²) in [5, 5.41) is 3.74. The minimum atomic E-state index is -0.419. The lowest BCUT2D eigenvalue weighted by molar-refractivity contribution is -1.02. The minimum absolute atomic E-state index is 0.105. The van der Waals surface area contributed by atoms with Gasteiger partial charge in [-0.05, 0) is 30.3 Å². The highest BCUT2D eigenvalue weighted by molar-refractivity contribution is 6.33. The molecule has 3 rings (SSSR count). The molecule has 1 fully saturated rings. The Bertz CT molecular complexity index is 779. The van der Waals surface area contributed by atoms with Gasteiger partial charge < -0.3 is 15.1 Å². The van der Waals surface area contributed by atoms with Gasteiger partial charge in [-0.25, -0.2) is 4.39 Å². The highest BCUT2D eigenvalue weighted by Crippen LogP contribution is 2.22. The van der Waals surface area contributed by atoms with Crippen molar-refractivity contribution in [2.45, 2.75) is 6.54 Å². The van der Waals surface area contributed by atoms with E-state index in [9.17, 15) is 9.18 Å². The molecule has 0 aromatic heterocycles. The number of amides is 1. The van der Waals surface area contributed by atoms with Crippen molar-refractivity contribution in [2.75, 3.05) is 38.0 Å². The van der Waals surface area contributed by atoms with E-state index in [4.69, 9.17) is 23.2 Å². The Morgan fingerprint density at radius 3 is 2.46 bits per heavy atom. The Labute approximate surface area is 162 Å². The highest BCUT2D eigenvalue weighted by Gasteiger charge is 2.25. The zero-order valence-corrected chi connectivity index (χ0v) is 15.8. The van der Waals surface area contributed by atoms with E-state index in [0.29, 0.717) is 12.2 Å². The van der Waals surface area contributed by atoms with Crippen LogP contribution in [0.1, 0.15) is 5.56 Å². The molecule has 0 spiro atoms. The summed E-state index contributed by atoms with van der Waals surface area (Å²) in [5.74, 6) is -0.524. The molecule has 1 saturated heterocycles. The molecule has 0 saturated carbocycles. The first kappa shape index (κ1) is 19.1. The highest BCUT2D eigenvalue weighted by atomic mass is 35.5. The second-order valence-electron chi connectivity index (χ2n) is 6.66. The number of nitrogens with one attached hydrogen (secondary N) is 3. The zero-order valence-electron chi connectivity index (χ0n) is 14.3. The number of quaternary nitrogens is 2. The van der Waals surface area contributed by atoms with Gasteiger partial charge in [0, 0.05) is 10.6 Å². The number of piperazine rings is 1. The van der Waals surface area contributed by atoms with Gasteiger partial charge in [0.25, 0.3) is 5.91 Å². The lowest BCUT2D eigenvalue weighted by Gasteiger charge is -2.29. The Kier molecular flexibility index (Phi) is 6.48. The number of halogens is 3. The molecule has 26 heavy (non-hydrogen) atoms. The van der Waals surface area contributed by atoms with Crippen LogP contribution in [0.25, 0.3) is 0 Å². The fourth-order valence-corrected chi connectivity index (χ4v) is 3.69. The summed E-state index contributed by atoms with van der Waals surface area (Å²) in [6.07, 6.45) is 0. The number of anilines is 1. The number of carbonyl (C=O) groups is 1. The van der Waals surface area contributed by atoms with Crippen molar-refractivity contribution < 1.29 is 19.0 Å². The van der Waals surface area contributed by atoms with Crippen LogP contribution in [0.4, 0.5) is 10.1 Å². The molecule has 7 heteroatoms. The largest absolute Gasteiger partial charge is 0.322 e. The molecule has 1 aliphatic rings. The first-order valence-electron chi connectivity index (χ1n) is 8.66. The summed E-state index contributed by atoms with van der Waals surface area (Å²) in [6, 6.07) is 11.9. The van der Waals surface area contributed by atoms with Crippen LogP contribution in [0.2, 0.25) is 10.0 Å². The van der Waals surface area contributed by atoms with E-state index in [0.717, 1.165) is 37.7 Å². The number of carbonyl (C=O) groups excluding carboxylic acids is 1. The standard InChI is InChI=1S/C19H20Cl2FN3O/c20-15-3-1-2-14(10-15)12-24-6-8-25(9-7-24)13-19(26)23-18-5-4-16(22)11-17(18)21/h1-5,10-11H,6-9,12-13H2,(H,23,26)/p+2. The average Bonchev–Trinajstić information content (AvgIpc) is 2.59. The SMILES string of the molecule is O=C(C[NH+]1CC[NH+](Cc2cccc(Cl)c2)CC1)Nc1ccc(F)cc1Cl. The van der Waals surface area contributed by atoms with E-state index >= 15 is 0 Å². The third-order valence-electron chi connectivity index (χ3n) is 4.62. The molecule has 3 N–H and O–H groups in total. The van der Waals surface area contributed by atoms with Gasteiger partial charge in [-0.3, -0.25) is 4.79 Å². The number of rotatable bonds is 5. The van der Waals surface area contributed by atoms with E-state index in [1.807, 2.05) is 18.2 Å². The first-order chi connectivity index (χ1) is 12.5. The zero-order chi connectivity index (χ0) is 18.5. The second kappa shape index (κ2) is 8.82. The van der Waals surface area contributed by atoms with Crippen LogP contribution in [0, 0.1) is 5.82 Å². The fourth-order valence-electron chi connectivity index (χ4n) is 3.26. The molecule has 1 aliphatic heterocycles. The maximum atomic E-state index is 13.1. The van der Waals surface area contributed by atoms with Crippen molar-refractivity contribution in [3.05, 3.63) is 63.9 Å². The number of benzene rings is 2. The van der Waals surface area contributed by atoms with Gasteiger partial charge in [-0.1, -0.05) is 35.3 Å². The summed E-state index contributed by atoms with van der Waals surface area (Å²) in [4.78, 5) is 15.0. The van der Waals surface area contributed by atoms with Gasteiger partial charge in [0.2, 0.25) is 0 Å². The van der Waals surface area contributed by atoms with Crippen molar-refractivity contribution in [3.8, 4) is 0 Å². The Morgan fingerprint density at radius 2 is 1.77 bits per heavy atom. The van der Waals surface area contributed by atoms with Gasteiger partial charge >= 0.3 is 0 Å². The Balaban J connectivity index is 1.45. The van der Waals surface area contributed by atoms with Gasteiger partial charge in [0.15, 0.2) is 6.54 Å². The van der Waals surface area contributed by atoms with Crippen molar-refractivity contribution >= 4 is 34.8 Å². The molecule has 0 bridgehead atoms. The molecule has 4 nitrogen and oxygen atoms in total. The molecule has 0 radical (unpaired) electrons. The third-order valence-corrected chi connectivity index (χ3v) is 5.17. The van der Waals surface area contributed by atoms with E-state index in [1.165, 1.54) is 33.6 Å². The molecular weight excluding hydrogens is 376 g/mol. The summed E-state index contributed by atoms with van der Waals surface area (Å²) >= 11 is 12.0. The maximum absolute atomic E-state index is 13.1. The van der Waals surface area contributed by atoms with E-state index in [-0.39, 0.29) is 10.9 Å². The fraction of sp³-hybridized carbons (Fsp3) is 0.316. The molecule has 0 unspecified atom stereocenters. The summed E-state index contributed by atoms with van der Waals surface area (Å²) in [7, 11) is 0. The van der Waals surface area contributed by atoms with E-state index in [2.05, 4.69) is 11.4 Å². The Hall–Kier alpha value is -1.66. The third kappa shape index (κ3) is 5.42. The summed E-state index contributed by atoms with van der Waals surface area (Å²) in [5.41, 5.74) is 1.68. The predicted octanol–water partition coefficient (Wildman–Crippen LogP) is 1.05. The molecule has 1 heterocycles. The van der Waals surface area contributed by atoms with E-state index < -0.39 is 5.82 Å². The van der Waals surface area contributed by atoms with Gasteiger partial charge in [-0.2, -0.15) is 0 Å². The van der Waals surface area contributed by atoms with Crippen LogP contribution in [0.5, 0.6) is 0 Å². The summed E-state index contributed by atoms with van der Waals surface area (Å²) < 4.78 is 13.1. The molecule has 138 valence electrons. The van der Waals surface area contributed by atoms with Crippen LogP contribution in [0.3, 0.4) is 0 Å².